The zero-order valence-electron chi connectivity index (χ0n) is 14.5. The summed E-state index contributed by atoms with van der Waals surface area (Å²) in [5, 5.41) is 14.0. The van der Waals surface area contributed by atoms with Crippen molar-refractivity contribution in [1.29, 1.82) is 0 Å². The van der Waals surface area contributed by atoms with E-state index in [4.69, 9.17) is 16.3 Å². The smallest absolute Gasteiger partial charge is 0.321 e. The molecule has 2 N–H and O–H groups in total. The van der Waals surface area contributed by atoms with Crippen LogP contribution < -0.4 is 10.1 Å². The van der Waals surface area contributed by atoms with Crippen LogP contribution in [0.3, 0.4) is 0 Å². The Balaban J connectivity index is 1.96. The highest BCUT2D eigenvalue weighted by molar-refractivity contribution is 6.32. The van der Waals surface area contributed by atoms with Crippen molar-refractivity contribution < 1.29 is 14.6 Å². The van der Waals surface area contributed by atoms with Gasteiger partial charge in [-0.05, 0) is 51.6 Å². The number of carbonyl (C=O) groups is 1. The molecule has 24 heavy (non-hydrogen) atoms. The number of hydrogen-bond acceptors (Lipinski definition) is 4. The number of carbonyl (C=O) groups excluding carboxylic acids is 1. The molecule has 0 radical (unpaired) electrons. The van der Waals surface area contributed by atoms with Gasteiger partial charge in [0.2, 0.25) is 0 Å². The average Bonchev–Trinajstić information content (AvgIpc) is 2.68. The van der Waals surface area contributed by atoms with Crippen molar-refractivity contribution in [1.82, 2.24) is 9.80 Å². The Morgan fingerprint density at radius 2 is 2.17 bits per heavy atom. The van der Waals surface area contributed by atoms with Crippen LogP contribution in [0.5, 0.6) is 5.75 Å². The fourth-order valence-corrected chi connectivity index (χ4v) is 3.33. The number of aliphatic hydroxyl groups is 1. The molecule has 1 fully saturated rings. The van der Waals surface area contributed by atoms with Gasteiger partial charge in [-0.3, -0.25) is 0 Å². The molecule has 134 valence electrons. The third-order valence-corrected chi connectivity index (χ3v) is 4.51. The second kappa shape index (κ2) is 8.05. The van der Waals surface area contributed by atoms with E-state index in [1.165, 1.54) is 0 Å². The second-order valence-electron chi connectivity index (χ2n) is 6.58. The molecule has 1 heterocycles. The molecule has 2 amide bonds. The summed E-state index contributed by atoms with van der Waals surface area (Å²) in [6, 6.07) is 4.96. The normalized spacial score (nSPS) is 21.5. The lowest BCUT2D eigenvalue weighted by atomic mass is 9.94. The van der Waals surface area contributed by atoms with Crippen LogP contribution in [0.1, 0.15) is 19.3 Å². The topological polar surface area (TPSA) is 65.0 Å². The maximum absolute atomic E-state index is 12.5. The fourth-order valence-electron chi connectivity index (χ4n) is 3.08. The molecule has 1 atom stereocenters. The van der Waals surface area contributed by atoms with Gasteiger partial charge in [-0.25, -0.2) is 4.79 Å². The first-order chi connectivity index (χ1) is 11.3. The van der Waals surface area contributed by atoms with Crippen LogP contribution in [0, 0.1) is 0 Å². The highest BCUT2D eigenvalue weighted by Crippen LogP contribution is 2.28. The molecule has 0 aliphatic carbocycles. The van der Waals surface area contributed by atoms with Gasteiger partial charge < -0.3 is 25.0 Å². The van der Waals surface area contributed by atoms with Crippen LogP contribution >= 0.6 is 11.6 Å². The van der Waals surface area contributed by atoms with Gasteiger partial charge >= 0.3 is 6.03 Å². The average molecular weight is 356 g/mol. The number of rotatable bonds is 4. The fraction of sp³-hybridized carbons (Fsp3) is 0.588. The highest BCUT2D eigenvalue weighted by Gasteiger charge is 2.32. The zero-order chi connectivity index (χ0) is 17.7. The van der Waals surface area contributed by atoms with Crippen molar-refractivity contribution in [3.63, 3.8) is 0 Å². The minimum Gasteiger partial charge on any atom is -0.495 e. The minimum atomic E-state index is -0.734. The summed E-state index contributed by atoms with van der Waals surface area (Å²) >= 11 is 6.08. The molecule has 2 rings (SSSR count). The number of benzene rings is 1. The van der Waals surface area contributed by atoms with Gasteiger partial charge in [0.1, 0.15) is 5.75 Å². The van der Waals surface area contributed by atoms with Crippen molar-refractivity contribution in [3.05, 3.63) is 23.2 Å². The first kappa shape index (κ1) is 18.8. The van der Waals surface area contributed by atoms with Crippen LogP contribution in [-0.4, -0.2) is 67.4 Å². The highest BCUT2D eigenvalue weighted by atomic mass is 35.5. The van der Waals surface area contributed by atoms with Crippen molar-refractivity contribution in [3.8, 4) is 5.75 Å². The number of ether oxygens (including phenoxy) is 1. The Labute approximate surface area is 148 Å². The number of likely N-dealkylation sites (N-methyl/N-ethyl adjacent to an activating group) is 1. The molecule has 6 nitrogen and oxygen atoms in total. The van der Waals surface area contributed by atoms with E-state index in [0.717, 1.165) is 6.42 Å². The lowest BCUT2D eigenvalue weighted by Crippen LogP contribution is -2.42. The molecule has 7 heteroatoms. The zero-order valence-corrected chi connectivity index (χ0v) is 15.3. The van der Waals surface area contributed by atoms with Crippen LogP contribution in [0.2, 0.25) is 5.02 Å². The third kappa shape index (κ3) is 5.00. The van der Waals surface area contributed by atoms with Crippen molar-refractivity contribution in [2.75, 3.05) is 46.2 Å². The Bertz CT molecular complexity index is 582. The van der Waals surface area contributed by atoms with Crippen molar-refractivity contribution >= 4 is 23.3 Å². The largest absolute Gasteiger partial charge is 0.495 e. The van der Waals surface area contributed by atoms with Gasteiger partial charge in [-0.1, -0.05) is 11.6 Å². The molecule has 1 aromatic carbocycles. The van der Waals surface area contributed by atoms with E-state index in [2.05, 4.69) is 5.32 Å². The Hall–Kier alpha value is -1.50. The summed E-state index contributed by atoms with van der Waals surface area (Å²) in [7, 11) is 5.44. The predicted molar refractivity (Wildman–Crippen MR) is 96.0 cm³/mol. The molecule has 0 saturated carbocycles. The maximum Gasteiger partial charge on any atom is 0.321 e. The standard InChI is InChI=1S/C17H26ClN3O3/c1-20(2)12-17(23)7-4-9-21(10-8-17)16(22)19-13-5-6-15(24-3)14(18)11-13/h5-6,11,23H,4,7-10,12H2,1-3H3,(H,19,22)/t17-/m1/s1. The lowest BCUT2D eigenvalue weighted by molar-refractivity contribution is 0.00361. The summed E-state index contributed by atoms with van der Waals surface area (Å²) in [5.41, 5.74) is -0.110. The molecule has 0 bridgehead atoms. The van der Waals surface area contributed by atoms with Gasteiger partial charge in [-0.15, -0.1) is 0 Å². The number of nitrogens with zero attached hydrogens (tertiary/aromatic N) is 2. The van der Waals surface area contributed by atoms with E-state index < -0.39 is 5.60 Å². The first-order valence-corrected chi connectivity index (χ1v) is 8.47. The Kier molecular flexibility index (Phi) is 6.32. The van der Waals surface area contributed by atoms with E-state index in [-0.39, 0.29) is 6.03 Å². The van der Waals surface area contributed by atoms with Gasteiger partial charge in [-0.2, -0.15) is 0 Å². The summed E-state index contributed by atoms with van der Waals surface area (Å²) in [6.07, 6.45) is 2.05. The van der Waals surface area contributed by atoms with Gasteiger partial charge in [0.05, 0.1) is 17.7 Å². The Morgan fingerprint density at radius 1 is 1.42 bits per heavy atom. The number of hydrogen-bond donors (Lipinski definition) is 2. The number of methoxy groups -OCH3 is 1. The molecular weight excluding hydrogens is 330 g/mol. The molecule has 0 aromatic heterocycles. The number of likely N-dealkylation sites (tertiary alicyclic amines) is 1. The van der Waals surface area contributed by atoms with Crippen LogP contribution in [-0.2, 0) is 0 Å². The molecule has 1 aliphatic heterocycles. The lowest BCUT2D eigenvalue weighted by Gasteiger charge is -2.29. The maximum atomic E-state index is 12.5. The van der Waals surface area contributed by atoms with E-state index >= 15 is 0 Å². The van der Waals surface area contributed by atoms with Crippen LogP contribution in [0.15, 0.2) is 18.2 Å². The number of nitrogens with one attached hydrogen (secondary N) is 1. The van der Waals surface area contributed by atoms with Crippen molar-refractivity contribution in [2.24, 2.45) is 0 Å². The number of urea groups is 1. The molecule has 0 spiro atoms. The SMILES string of the molecule is COc1ccc(NC(=O)N2CCC[C@](O)(CN(C)C)CC2)cc1Cl. The van der Waals surface area contributed by atoms with Gasteiger partial charge in [0.25, 0.3) is 0 Å². The first-order valence-electron chi connectivity index (χ1n) is 8.09. The molecule has 0 unspecified atom stereocenters. The molecule has 1 saturated heterocycles. The molecule has 1 aliphatic rings. The molecule has 1 aromatic rings. The summed E-state index contributed by atoms with van der Waals surface area (Å²) < 4.78 is 5.11. The van der Waals surface area contributed by atoms with Gasteiger partial charge in [0.15, 0.2) is 0 Å². The minimum absolute atomic E-state index is 0.176. The van der Waals surface area contributed by atoms with E-state index in [9.17, 15) is 9.90 Å². The van der Waals surface area contributed by atoms with E-state index in [1.807, 2.05) is 19.0 Å². The second-order valence-corrected chi connectivity index (χ2v) is 6.99. The predicted octanol–water partition coefficient (Wildman–Crippen LogP) is 2.66. The number of amides is 2. The van der Waals surface area contributed by atoms with Crippen molar-refractivity contribution in [2.45, 2.75) is 24.9 Å². The molecular formula is C17H26ClN3O3. The monoisotopic (exact) mass is 355 g/mol. The summed E-state index contributed by atoms with van der Waals surface area (Å²) in [5.74, 6) is 0.568. The summed E-state index contributed by atoms with van der Waals surface area (Å²) in [4.78, 5) is 16.2. The van der Waals surface area contributed by atoms with Crippen LogP contribution in [0.25, 0.3) is 0 Å². The third-order valence-electron chi connectivity index (χ3n) is 4.22. The van der Waals surface area contributed by atoms with Gasteiger partial charge in [0, 0.05) is 25.3 Å². The quantitative estimate of drug-likeness (QED) is 0.871. The number of halogens is 1. The summed E-state index contributed by atoms with van der Waals surface area (Å²) in [6.45, 7) is 1.77. The Morgan fingerprint density at radius 3 is 2.79 bits per heavy atom. The van der Waals surface area contributed by atoms with E-state index in [0.29, 0.717) is 48.9 Å². The van der Waals surface area contributed by atoms with Crippen LogP contribution in [0.4, 0.5) is 10.5 Å². The van der Waals surface area contributed by atoms with E-state index in [1.54, 1.807) is 30.2 Å². The number of anilines is 1.